The molecule has 0 unspecified atom stereocenters. The van der Waals surface area contributed by atoms with Crippen molar-refractivity contribution >= 4 is 11.5 Å². The van der Waals surface area contributed by atoms with Crippen LogP contribution in [0.2, 0.25) is 0 Å². The molecule has 2 aromatic rings. The van der Waals surface area contributed by atoms with E-state index in [0.29, 0.717) is 12.2 Å². The van der Waals surface area contributed by atoms with Crippen LogP contribution in [0.15, 0.2) is 54.6 Å². The Kier molecular flexibility index (Phi) is 4.56. The number of para-hydroxylation sites is 2. The van der Waals surface area contributed by atoms with Crippen LogP contribution in [-0.2, 0) is 0 Å². The van der Waals surface area contributed by atoms with Crippen LogP contribution in [0, 0.1) is 0 Å². The topological polar surface area (TPSA) is 38.3 Å². The van der Waals surface area contributed by atoms with Gasteiger partial charge < -0.3 is 10.1 Å². The van der Waals surface area contributed by atoms with Gasteiger partial charge in [-0.15, -0.1) is 0 Å². The number of hydrogen-bond acceptors (Lipinski definition) is 3. The molecule has 2 rings (SSSR count). The number of carbonyl (C=O) groups excluding carboxylic acids is 1. The highest BCUT2D eigenvalue weighted by Gasteiger charge is 2.07. The lowest BCUT2D eigenvalue weighted by atomic mass is 10.1. The first kappa shape index (κ1) is 13.1. The zero-order valence-electron chi connectivity index (χ0n) is 10.9. The minimum Gasteiger partial charge on any atom is -0.492 e. The SMILES string of the molecule is CCOc1ccccc1NCC(=O)c1ccccc1. The van der Waals surface area contributed by atoms with Crippen LogP contribution < -0.4 is 10.1 Å². The molecule has 0 spiro atoms. The Balaban J connectivity index is 2.01. The molecule has 0 radical (unpaired) electrons. The van der Waals surface area contributed by atoms with Gasteiger partial charge in [0.2, 0.25) is 0 Å². The van der Waals surface area contributed by atoms with Gasteiger partial charge in [0, 0.05) is 5.56 Å². The maximum absolute atomic E-state index is 12.0. The second kappa shape index (κ2) is 6.59. The fourth-order valence-electron chi connectivity index (χ4n) is 1.80. The average molecular weight is 255 g/mol. The number of Topliss-reactive ketones (excluding diaryl/α,β-unsaturated/α-hetero) is 1. The quantitative estimate of drug-likeness (QED) is 0.804. The molecule has 0 saturated carbocycles. The third kappa shape index (κ3) is 3.58. The Hall–Kier alpha value is -2.29. The number of ketones is 1. The fourth-order valence-corrected chi connectivity index (χ4v) is 1.80. The summed E-state index contributed by atoms with van der Waals surface area (Å²) in [6.45, 7) is 2.80. The highest BCUT2D eigenvalue weighted by Crippen LogP contribution is 2.23. The van der Waals surface area contributed by atoms with Crippen molar-refractivity contribution in [2.24, 2.45) is 0 Å². The van der Waals surface area contributed by atoms with Crippen LogP contribution in [0.25, 0.3) is 0 Å². The van der Waals surface area contributed by atoms with Gasteiger partial charge in [-0.3, -0.25) is 4.79 Å². The van der Waals surface area contributed by atoms with E-state index in [-0.39, 0.29) is 12.3 Å². The number of anilines is 1. The lowest BCUT2D eigenvalue weighted by molar-refractivity contribution is 0.101. The third-order valence-electron chi connectivity index (χ3n) is 2.72. The standard InChI is InChI=1S/C16H17NO2/c1-2-19-16-11-7-6-10-14(16)17-12-15(18)13-8-4-3-5-9-13/h3-11,17H,2,12H2,1H3. The molecule has 1 N–H and O–H groups in total. The molecule has 3 heteroatoms. The van der Waals surface area contributed by atoms with Crippen LogP contribution in [-0.4, -0.2) is 18.9 Å². The molecule has 0 aromatic heterocycles. The first-order valence-corrected chi connectivity index (χ1v) is 6.35. The van der Waals surface area contributed by atoms with Crippen molar-refractivity contribution in [1.82, 2.24) is 0 Å². The molecule has 0 saturated heterocycles. The molecule has 3 nitrogen and oxygen atoms in total. The second-order valence-corrected chi connectivity index (χ2v) is 4.07. The predicted molar refractivity (Wildman–Crippen MR) is 76.9 cm³/mol. The van der Waals surface area contributed by atoms with E-state index in [0.717, 1.165) is 11.4 Å². The van der Waals surface area contributed by atoms with Crippen molar-refractivity contribution in [3.8, 4) is 5.75 Å². The molecule has 0 aliphatic rings. The molecule has 0 heterocycles. The third-order valence-corrected chi connectivity index (χ3v) is 2.72. The molecule has 0 aliphatic heterocycles. The Morgan fingerprint density at radius 1 is 1.05 bits per heavy atom. The van der Waals surface area contributed by atoms with Gasteiger partial charge in [-0.05, 0) is 19.1 Å². The smallest absolute Gasteiger partial charge is 0.181 e. The fraction of sp³-hybridized carbons (Fsp3) is 0.188. The van der Waals surface area contributed by atoms with Gasteiger partial charge in [-0.25, -0.2) is 0 Å². The maximum Gasteiger partial charge on any atom is 0.181 e. The van der Waals surface area contributed by atoms with E-state index in [1.807, 2.05) is 61.5 Å². The number of rotatable bonds is 6. The zero-order valence-corrected chi connectivity index (χ0v) is 10.9. The number of hydrogen-bond donors (Lipinski definition) is 1. The monoisotopic (exact) mass is 255 g/mol. The largest absolute Gasteiger partial charge is 0.492 e. The average Bonchev–Trinajstić information content (AvgIpc) is 2.47. The van der Waals surface area contributed by atoms with Crippen LogP contribution in [0.4, 0.5) is 5.69 Å². The minimum absolute atomic E-state index is 0.0619. The molecule has 98 valence electrons. The van der Waals surface area contributed by atoms with Crippen LogP contribution in [0.3, 0.4) is 0 Å². The Morgan fingerprint density at radius 3 is 2.47 bits per heavy atom. The van der Waals surface area contributed by atoms with Crippen LogP contribution >= 0.6 is 0 Å². The van der Waals surface area contributed by atoms with E-state index in [9.17, 15) is 4.79 Å². The van der Waals surface area contributed by atoms with Crippen molar-refractivity contribution in [3.63, 3.8) is 0 Å². The van der Waals surface area contributed by atoms with E-state index in [4.69, 9.17) is 4.74 Å². The zero-order chi connectivity index (χ0) is 13.5. The molecular weight excluding hydrogens is 238 g/mol. The lowest BCUT2D eigenvalue weighted by Crippen LogP contribution is -2.14. The minimum atomic E-state index is 0.0619. The number of carbonyl (C=O) groups is 1. The summed E-state index contributed by atoms with van der Waals surface area (Å²) in [5, 5.41) is 3.12. The second-order valence-electron chi connectivity index (χ2n) is 4.07. The normalized spacial score (nSPS) is 9.95. The molecule has 0 amide bonds. The number of nitrogens with one attached hydrogen (secondary N) is 1. The summed E-state index contributed by atoms with van der Waals surface area (Å²) in [5.41, 5.74) is 1.55. The summed E-state index contributed by atoms with van der Waals surface area (Å²) in [4.78, 5) is 12.0. The lowest BCUT2D eigenvalue weighted by Gasteiger charge is -2.11. The van der Waals surface area contributed by atoms with Gasteiger partial charge >= 0.3 is 0 Å². The maximum atomic E-state index is 12.0. The van der Waals surface area contributed by atoms with Gasteiger partial charge in [0.1, 0.15) is 5.75 Å². The molecule has 0 atom stereocenters. The van der Waals surface area contributed by atoms with E-state index in [1.165, 1.54) is 0 Å². The van der Waals surface area contributed by atoms with Crippen molar-refractivity contribution in [2.75, 3.05) is 18.5 Å². The Bertz CT molecular complexity index is 537. The molecule has 19 heavy (non-hydrogen) atoms. The van der Waals surface area contributed by atoms with Crippen LogP contribution in [0.1, 0.15) is 17.3 Å². The molecule has 0 fully saturated rings. The van der Waals surface area contributed by atoms with Crippen molar-refractivity contribution in [1.29, 1.82) is 0 Å². The van der Waals surface area contributed by atoms with E-state index < -0.39 is 0 Å². The first-order chi connectivity index (χ1) is 9.31. The number of ether oxygens (including phenoxy) is 1. The summed E-state index contributed by atoms with van der Waals surface area (Å²) in [5.74, 6) is 0.831. The Morgan fingerprint density at radius 2 is 1.74 bits per heavy atom. The first-order valence-electron chi connectivity index (χ1n) is 6.35. The van der Waals surface area contributed by atoms with Crippen LogP contribution in [0.5, 0.6) is 5.75 Å². The van der Waals surface area contributed by atoms with E-state index in [2.05, 4.69) is 5.32 Å². The molecular formula is C16H17NO2. The predicted octanol–water partition coefficient (Wildman–Crippen LogP) is 3.38. The van der Waals surface area contributed by atoms with Gasteiger partial charge in [0.25, 0.3) is 0 Å². The van der Waals surface area contributed by atoms with Gasteiger partial charge in [0.05, 0.1) is 18.8 Å². The summed E-state index contributed by atoms with van der Waals surface area (Å²) in [6.07, 6.45) is 0. The molecule has 2 aromatic carbocycles. The van der Waals surface area contributed by atoms with E-state index in [1.54, 1.807) is 0 Å². The molecule has 0 bridgehead atoms. The Labute approximate surface area is 113 Å². The van der Waals surface area contributed by atoms with Crippen molar-refractivity contribution in [2.45, 2.75) is 6.92 Å². The van der Waals surface area contributed by atoms with Crippen molar-refractivity contribution in [3.05, 3.63) is 60.2 Å². The molecule has 0 aliphatic carbocycles. The number of benzene rings is 2. The highest BCUT2D eigenvalue weighted by molar-refractivity contribution is 5.99. The van der Waals surface area contributed by atoms with Gasteiger partial charge in [-0.1, -0.05) is 42.5 Å². The van der Waals surface area contributed by atoms with Gasteiger partial charge in [-0.2, -0.15) is 0 Å². The van der Waals surface area contributed by atoms with Gasteiger partial charge in [0.15, 0.2) is 5.78 Å². The summed E-state index contributed by atoms with van der Waals surface area (Å²) < 4.78 is 5.50. The van der Waals surface area contributed by atoms with Crippen molar-refractivity contribution < 1.29 is 9.53 Å². The summed E-state index contributed by atoms with van der Waals surface area (Å²) in [6, 6.07) is 16.9. The summed E-state index contributed by atoms with van der Waals surface area (Å²) in [7, 11) is 0. The highest BCUT2D eigenvalue weighted by atomic mass is 16.5. The van der Waals surface area contributed by atoms with E-state index >= 15 is 0 Å². The summed E-state index contributed by atoms with van der Waals surface area (Å²) >= 11 is 0.